The van der Waals surface area contributed by atoms with Crippen molar-refractivity contribution >= 4 is 29.9 Å². The van der Waals surface area contributed by atoms with Gasteiger partial charge in [-0.25, -0.2) is 4.99 Å². The minimum Gasteiger partial charge on any atom is -0.494 e. The number of nitrogens with one attached hydrogen (secondary N) is 2. The third-order valence-electron chi connectivity index (χ3n) is 4.44. The van der Waals surface area contributed by atoms with Crippen molar-refractivity contribution in [2.45, 2.75) is 39.3 Å². The Kier molecular flexibility index (Phi) is 12.5. The normalized spacial score (nSPS) is 17.2. The molecule has 1 aromatic rings. The summed E-state index contributed by atoms with van der Waals surface area (Å²) in [5.74, 6) is 1.57. The van der Waals surface area contributed by atoms with Crippen molar-refractivity contribution in [3.8, 4) is 5.75 Å². The largest absolute Gasteiger partial charge is 0.494 e. The average molecular weight is 520 g/mol. The van der Waals surface area contributed by atoms with Crippen molar-refractivity contribution in [2.75, 3.05) is 52.5 Å². The number of morpholine rings is 1. The van der Waals surface area contributed by atoms with Gasteiger partial charge in [0, 0.05) is 32.7 Å². The predicted octanol–water partition coefficient (Wildman–Crippen LogP) is 2.23. The fraction of sp³-hybridized carbons (Fsp3) is 0.667. The lowest BCUT2D eigenvalue weighted by atomic mass is 10.1. The van der Waals surface area contributed by atoms with Crippen LogP contribution in [-0.2, 0) is 11.3 Å². The van der Waals surface area contributed by atoms with Gasteiger partial charge < -0.3 is 25.2 Å². The minimum atomic E-state index is -0.846. The highest BCUT2D eigenvalue weighted by Gasteiger charge is 2.25. The van der Waals surface area contributed by atoms with Crippen LogP contribution in [0.3, 0.4) is 0 Å². The Morgan fingerprint density at radius 1 is 1.28 bits per heavy atom. The molecule has 0 radical (unpaired) electrons. The molecule has 0 aliphatic carbocycles. The number of hydrogen-bond donors (Lipinski definition) is 3. The highest BCUT2D eigenvalue weighted by molar-refractivity contribution is 14.0. The predicted molar refractivity (Wildman–Crippen MR) is 128 cm³/mol. The number of rotatable bonds is 10. The summed E-state index contributed by atoms with van der Waals surface area (Å²) < 4.78 is 11.1. The molecule has 1 fully saturated rings. The number of aliphatic hydroxyl groups is 1. The molecule has 1 heterocycles. The van der Waals surface area contributed by atoms with Crippen molar-refractivity contribution in [1.29, 1.82) is 0 Å². The molecule has 1 unspecified atom stereocenters. The highest BCUT2D eigenvalue weighted by Crippen LogP contribution is 2.14. The third-order valence-corrected chi connectivity index (χ3v) is 4.44. The van der Waals surface area contributed by atoms with E-state index in [2.05, 4.69) is 27.4 Å². The Balaban J connectivity index is 0.00000420. The third kappa shape index (κ3) is 10.5. The summed E-state index contributed by atoms with van der Waals surface area (Å²) in [7, 11) is 0. The van der Waals surface area contributed by atoms with Crippen LogP contribution in [0.15, 0.2) is 29.3 Å². The molecule has 0 saturated carbocycles. The molecule has 1 aliphatic heterocycles. The maximum Gasteiger partial charge on any atom is 0.191 e. The lowest BCUT2D eigenvalue weighted by Gasteiger charge is -2.34. The molecule has 0 spiro atoms. The van der Waals surface area contributed by atoms with E-state index in [9.17, 15) is 5.11 Å². The second-order valence-electron chi connectivity index (χ2n) is 7.43. The minimum absolute atomic E-state index is 0. The van der Waals surface area contributed by atoms with Crippen LogP contribution in [0.2, 0.25) is 0 Å². The standard InChI is InChI=1S/C21H36N4O3.HI/c1-4-11-28-19-8-6-7-18(14-19)15-23-20(22-5-2)24-16-21(3,26)17-25-9-12-27-13-10-25;/h6-8,14,26H,4-5,9-13,15-17H2,1-3H3,(H2,22,23,24);1H. The van der Waals surface area contributed by atoms with E-state index in [0.29, 0.717) is 25.6 Å². The molecule has 0 aromatic heterocycles. The fourth-order valence-electron chi connectivity index (χ4n) is 3.04. The molecule has 3 N–H and O–H groups in total. The zero-order valence-corrected chi connectivity index (χ0v) is 20.3. The van der Waals surface area contributed by atoms with E-state index in [1.54, 1.807) is 0 Å². The van der Waals surface area contributed by atoms with Gasteiger partial charge in [0.15, 0.2) is 5.96 Å². The van der Waals surface area contributed by atoms with Gasteiger partial charge in [-0.3, -0.25) is 4.90 Å². The number of ether oxygens (including phenoxy) is 2. The number of hydrogen-bond acceptors (Lipinski definition) is 5. The Morgan fingerprint density at radius 2 is 2.03 bits per heavy atom. The number of guanidine groups is 1. The van der Waals surface area contributed by atoms with E-state index >= 15 is 0 Å². The van der Waals surface area contributed by atoms with E-state index in [4.69, 9.17) is 9.47 Å². The summed E-state index contributed by atoms with van der Waals surface area (Å²) in [6.07, 6.45) is 0.987. The fourth-order valence-corrected chi connectivity index (χ4v) is 3.04. The summed E-state index contributed by atoms with van der Waals surface area (Å²) in [5, 5.41) is 17.3. The smallest absolute Gasteiger partial charge is 0.191 e. The van der Waals surface area contributed by atoms with E-state index in [1.165, 1.54) is 0 Å². The first-order valence-electron chi connectivity index (χ1n) is 10.3. The second kappa shape index (κ2) is 14.0. The summed E-state index contributed by atoms with van der Waals surface area (Å²) in [6, 6.07) is 8.02. The Bertz CT molecular complexity index is 607. The molecule has 0 bridgehead atoms. The maximum absolute atomic E-state index is 10.7. The molecule has 0 amide bonds. The van der Waals surface area contributed by atoms with Crippen molar-refractivity contribution in [3.05, 3.63) is 29.8 Å². The van der Waals surface area contributed by atoms with E-state index in [0.717, 1.165) is 57.2 Å². The van der Waals surface area contributed by atoms with Gasteiger partial charge in [0.2, 0.25) is 0 Å². The second-order valence-corrected chi connectivity index (χ2v) is 7.43. The van der Waals surface area contributed by atoms with Crippen LogP contribution >= 0.6 is 24.0 Å². The van der Waals surface area contributed by atoms with E-state index < -0.39 is 5.60 Å². The SMILES string of the molecule is CCCOc1cccc(CN=C(NCC)NCC(C)(O)CN2CCOCC2)c1.I. The van der Waals surface area contributed by atoms with E-state index in [1.807, 2.05) is 38.1 Å². The van der Waals surface area contributed by atoms with Crippen LogP contribution in [0.25, 0.3) is 0 Å². The van der Waals surface area contributed by atoms with Gasteiger partial charge in [0.05, 0.1) is 32.0 Å². The van der Waals surface area contributed by atoms with Crippen LogP contribution in [-0.4, -0.2) is 74.1 Å². The zero-order chi connectivity index (χ0) is 20.2. The van der Waals surface area contributed by atoms with Crippen molar-refractivity contribution in [1.82, 2.24) is 15.5 Å². The molecule has 166 valence electrons. The van der Waals surface area contributed by atoms with Gasteiger partial charge in [0.25, 0.3) is 0 Å². The molecule has 2 rings (SSSR count). The summed E-state index contributed by atoms with van der Waals surface area (Å²) in [4.78, 5) is 6.88. The maximum atomic E-state index is 10.7. The molecule has 1 saturated heterocycles. The van der Waals surface area contributed by atoms with Crippen LogP contribution < -0.4 is 15.4 Å². The lowest BCUT2D eigenvalue weighted by Crippen LogP contribution is -2.52. The number of β-amino-alcohol motifs (C(OH)–C–C–N with tert-alkyl or cyclic N) is 1. The number of aliphatic imine (C=N–C) groups is 1. The van der Waals surface area contributed by atoms with Crippen molar-refractivity contribution in [3.63, 3.8) is 0 Å². The molecule has 1 aliphatic rings. The van der Waals surface area contributed by atoms with Crippen LogP contribution in [0.4, 0.5) is 0 Å². The van der Waals surface area contributed by atoms with Crippen molar-refractivity contribution in [2.24, 2.45) is 4.99 Å². The van der Waals surface area contributed by atoms with Gasteiger partial charge in [0.1, 0.15) is 5.75 Å². The van der Waals surface area contributed by atoms with Gasteiger partial charge in [-0.1, -0.05) is 19.1 Å². The van der Waals surface area contributed by atoms with Gasteiger partial charge in [-0.15, -0.1) is 24.0 Å². The number of halogens is 1. The first-order valence-corrected chi connectivity index (χ1v) is 10.3. The van der Waals surface area contributed by atoms with Gasteiger partial charge in [-0.2, -0.15) is 0 Å². The molecule has 8 heteroatoms. The molecular formula is C21H37IN4O3. The molecular weight excluding hydrogens is 483 g/mol. The van der Waals surface area contributed by atoms with Crippen LogP contribution in [0.5, 0.6) is 5.75 Å². The monoisotopic (exact) mass is 520 g/mol. The van der Waals surface area contributed by atoms with Gasteiger partial charge >= 0.3 is 0 Å². The summed E-state index contributed by atoms with van der Waals surface area (Å²) in [6.45, 7) is 12.2. The van der Waals surface area contributed by atoms with E-state index in [-0.39, 0.29) is 24.0 Å². The molecule has 1 atom stereocenters. The first kappa shape index (κ1) is 25.9. The zero-order valence-electron chi connectivity index (χ0n) is 17.9. The average Bonchev–Trinajstić information content (AvgIpc) is 2.69. The van der Waals surface area contributed by atoms with Crippen LogP contribution in [0, 0.1) is 0 Å². The number of nitrogens with zero attached hydrogens (tertiary/aromatic N) is 2. The Morgan fingerprint density at radius 3 is 2.72 bits per heavy atom. The molecule has 29 heavy (non-hydrogen) atoms. The first-order chi connectivity index (χ1) is 13.5. The highest BCUT2D eigenvalue weighted by atomic mass is 127. The quantitative estimate of drug-likeness (QED) is 0.250. The summed E-state index contributed by atoms with van der Waals surface area (Å²) >= 11 is 0. The Labute approximate surface area is 192 Å². The topological polar surface area (TPSA) is 78.3 Å². The van der Waals surface area contributed by atoms with Crippen LogP contribution in [0.1, 0.15) is 32.8 Å². The molecule has 1 aromatic carbocycles. The molecule has 7 nitrogen and oxygen atoms in total. The number of benzene rings is 1. The summed E-state index contributed by atoms with van der Waals surface area (Å²) in [5.41, 5.74) is 0.243. The lowest BCUT2D eigenvalue weighted by molar-refractivity contribution is -0.0201. The Hall–Kier alpha value is -1.10. The van der Waals surface area contributed by atoms with Gasteiger partial charge in [-0.05, 0) is 38.0 Å². The van der Waals surface area contributed by atoms with Crippen molar-refractivity contribution < 1.29 is 14.6 Å².